The lowest BCUT2D eigenvalue weighted by Crippen LogP contribution is -2.29. The van der Waals surface area contributed by atoms with Crippen LogP contribution in [0.4, 0.5) is 0 Å². The predicted molar refractivity (Wildman–Crippen MR) is 44.0 cm³/mol. The Kier molecular flexibility index (Phi) is 3.68. The van der Waals surface area contributed by atoms with Crippen molar-refractivity contribution >= 4 is 17.5 Å². The van der Waals surface area contributed by atoms with Crippen molar-refractivity contribution in [1.29, 1.82) is 0 Å². The van der Waals surface area contributed by atoms with Gasteiger partial charge in [-0.25, -0.2) is 0 Å². The average Bonchev–Trinajstić information content (AvgIpc) is 1.80. The van der Waals surface area contributed by atoms with E-state index in [2.05, 4.69) is 0 Å². The summed E-state index contributed by atoms with van der Waals surface area (Å²) in [5.41, 5.74) is -1.23. The van der Waals surface area contributed by atoms with E-state index in [1.807, 2.05) is 6.26 Å². The lowest BCUT2D eigenvalue weighted by Gasteiger charge is -2.11. The number of rotatable bonds is 3. The maximum atomic E-state index is 10.9. The van der Waals surface area contributed by atoms with Crippen molar-refractivity contribution in [2.75, 3.05) is 6.26 Å². The van der Waals surface area contributed by atoms with E-state index in [4.69, 9.17) is 5.11 Å². The number of hydrogen-bond acceptors (Lipinski definition) is 3. The number of carbonyl (C=O) groups is 1. The molecule has 0 aromatic rings. The summed E-state index contributed by atoms with van der Waals surface area (Å²) in [6.07, 6.45) is 3.23. The van der Waals surface area contributed by atoms with Crippen molar-refractivity contribution in [2.24, 2.45) is 0 Å². The Labute approximate surface area is 65.3 Å². The van der Waals surface area contributed by atoms with Crippen LogP contribution in [0, 0.1) is 0 Å². The fraction of sp³-hybridized carbons (Fsp3) is 0.571. The predicted octanol–water partition coefficient (Wildman–Crippen LogP) is 1.20. The summed E-state index contributed by atoms with van der Waals surface area (Å²) in [6.45, 7) is 2.94. The van der Waals surface area contributed by atoms with Crippen LogP contribution in [0.5, 0.6) is 0 Å². The Hall–Kier alpha value is -0.280. The minimum Gasteiger partial charge on any atom is -0.382 e. The monoisotopic (exact) mass is 160 g/mol. The summed E-state index contributed by atoms with van der Waals surface area (Å²) >= 11 is 1.43. The van der Waals surface area contributed by atoms with E-state index in [0.29, 0.717) is 0 Å². The molecule has 0 saturated carbocycles. The van der Waals surface area contributed by atoms with Gasteiger partial charge in [0.2, 0.25) is 0 Å². The third kappa shape index (κ3) is 3.69. The molecule has 0 radical (unpaired) electrons. The SMILES string of the molecule is CS/C=C/C(=O)C(C)(C)O. The fourth-order valence-corrected chi connectivity index (χ4v) is 0.593. The first kappa shape index (κ1) is 9.72. The lowest BCUT2D eigenvalue weighted by molar-refractivity contribution is -0.128. The Balaban J connectivity index is 3.98. The summed E-state index contributed by atoms with van der Waals surface area (Å²) in [5.74, 6) is -0.262. The minimum atomic E-state index is -1.23. The van der Waals surface area contributed by atoms with Gasteiger partial charge in [-0.15, -0.1) is 11.8 Å². The largest absolute Gasteiger partial charge is 0.382 e. The van der Waals surface area contributed by atoms with Crippen molar-refractivity contribution in [3.05, 3.63) is 11.5 Å². The highest BCUT2D eigenvalue weighted by Crippen LogP contribution is 2.05. The molecule has 2 nitrogen and oxygen atoms in total. The molecule has 0 aliphatic carbocycles. The minimum absolute atomic E-state index is 0.262. The number of carbonyl (C=O) groups excluding carboxylic acids is 1. The molecule has 0 amide bonds. The van der Waals surface area contributed by atoms with E-state index in [9.17, 15) is 4.79 Å². The van der Waals surface area contributed by atoms with Gasteiger partial charge in [-0.1, -0.05) is 0 Å². The molecule has 0 aromatic carbocycles. The molecule has 0 spiro atoms. The molecular weight excluding hydrogens is 148 g/mol. The zero-order valence-electron chi connectivity index (χ0n) is 6.42. The zero-order valence-corrected chi connectivity index (χ0v) is 7.23. The van der Waals surface area contributed by atoms with Gasteiger partial charge in [0.25, 0.3) is 0 Å². The van der Waals surface area contributed by atoms with Gasteiger partial charge >= 0.3 is 0 Å². The Morgan fingerprint density at radius 3 is 2.40 bits per heavy atom. The molecule has 10 heavy (non-hydrogen) atoms. The maximum Gasteiger partial charge on any atom is 0.187 e. The molecular formula is C7H12O2S. The number of hydrogen-bond donors (Lipinski definition) is 1. The number of aliphatic hydroxyl groups is 1. The summed E-state index contributed by atoms with van der Waals surface area (Å²) in [6, 6.07) is 0. The smallest absolute Gasteiger partial charge is 0.187 e. The molecule has 0 unspecified atom stereocenters. The summed E-state index contributed by atoms with van der Waals surface area (Å²) < 4.78 is 0. The van der Waals surface area contributed by atoms with Crippen molar-refractivity contribution < 1.29 is 9.90 Å². The number of thioether (sulfide) groups is 1. The second-order valence-corrected chi connectivity index (χ2v) is 3.21. The topological polar surface area (TPSA) is 37.3 Å². The molecule has 0 fully saturated rings. The van der Waals surface area contributed by atoms with Crippen LogP contribution in [0.1, 0.15) is 13.8 Å². The molecule has 0 aliphatic heterocycles. The maximum absolute atomic E-state index is 10.9. The molecule has 0 aromatic heterocycles. The fourth-order valence-electron chi connectivity index (χ4n) is 0.334. The third-order valence-corrected chi connectivity index (χ3v) is 1.37. The van der Waals surface area contributed by atoms with Gasteiger partial charge in [0.05, 0.1) is 0 Å². The normalized spacial score (nSPS) is 12.4. The van der Waals surface area contributed by atoms with Crippen LogP contribution in [0.15, 0.2) is 11.5 Å². The van der Waals surface area contributed by atoms with E-state index < -0.39 is 5.60 Å². The second-order valence-electron chi connectivity index (χ2n) is 2.46. The van der Waals surface area contributed by atoms with Gasteiger partial charge in [-0.05, 0) is 31.6 Å². The Bertz CT molecular complexity index is 144. The first-order valence-corrected chi connectivity index (χ1v) is 4.23. The van der Waals surface area contributed by atoms with Crippen molar-refractivity contribution in [1.82, 2.24) is 0 Å². The summed E-state index contributed by atoms with van der Waals surface area (Å²) in [7, 11) is 0. The molecule has 3 heteroatoms. The van der Waals surface area contributed by atoms with Crippen LogP contribution in [-0.4, -0.2) is 22.7 Å². The lowest BCUT2D eigenvalue weighted by atomic mass is 10.0. The van der Waals surface area contributed by atoms with Crippen LogP contribution in [0.3, 0.4) is 0 Å². The van der Waals surface area contributed by atoms with Gasteiger partial charge in [-0.2, -0.15) is 0 Å². The van der Waals surface area contributed by atoms with Gasteiger partial charge < -0.3 is 5.11 Å². The third-order valence-electron chi connectivity index (χ3n) is 0.958. The van der Waals surface area contributed by atoms with Crippen LogP contribution < -0.4 is 0 Å². The summed E-state index contributed by atoms with van der Waals surface area (Å²) in [5, 5.41) is 10.8. The van der Waals surface area contributed by atoms with E-state index in [1.165, 1.54) is 31.7 Å². The van der Waals surface area contributed by atoms with Crippen molar-refractivity contribution in [3.63, 3.8) is 0 Å². The molecule has 0 heterocycles. The van der Waals surface area contributed by atoms with E-state index in [-0.39, 0.29) is 5.78 Å². The highest BCUT2D eigenvalue weighted by atomic mass is 32.2. The number of ketones is 1. The van der Waals surface area contributed by atoms with Gasteiger partial charge in [0, 0.05) is 0 Å². The van der Waals surface area contributed by atoms with Crippen molar-refractivity contribution in [3.8, 4) is 0 Å². The van der Waals surface area contributed by atoms with Crippen LogP contribution >= 0.6 is 11.8 Å². The molecule has 0 atom stereocenters. The van der Waals surface area contributed by atoms with Gasteiger partial charge in [0.1, 0.15) is 5.60 Å². The van der Waals surface area contributed by atoms with E-state index in [0.717, 1.165) is 0 Å². The highest BCUT2D eigenvalue weighted by molar-refractivity contribution is 8.01. The standard InChI is InChI=1S/C7H12O2S/c1-7(2,9)6(8)4-5-10-3/h4-5,9H,1-3H3/b5-4+. The molecule has 0 aliphatic rings. The van der Waals surface area contributed by atoms with Crippen LogP contribution in [0.2, 0.25) is 0 Å². The van der Waals surface area contributed by atoms with Gasteiger partial charge in [-0.3, -0.25) is 4.79 Å². The van der Waals surface area contributed by atoms with Crippen LogP contribution in [0.25, 0.3) is 0 Å². The summed E-state index contributed by atoms with van der Waals surface area (Å²) in [4.78, 5) is 10.9. The molecule has 0 rings (SSSR count). The van der Waals surface area contributed by atoms with Crippen molar-refractivity contribution in [2.45, 2.75) is 19.4 Å². The van der Waals surface area contributed by atoms with Gasteiger partial charge in [0.15, 0.2) is 5.78 Å². The van der Waals surface area contributed by atoms with Crippen LogP contribution in [-0.2, 0) is 4.79 Å². The zero-order chi connectivity index (χ0) is 8.20. The Morgan fingerprint density at radius 2 is 2.10 bits per heavy atom. The first-order chi connectivity index (χ1) is 4.48. The average molecular weight is 160 g/mol. The van der Waals surface area contributed by atoms with E-state index >= 15 is 0 Å². The molecule has 58 valence electrons. The molecule has 0 bridgehead atoms. The molecule has 1 N–H and O–H groups in total. The van der Waals surface area contributed by atoms with E-state index in [1.54, 1.807) is 5.41 Å². The highest BCUT2D eigenvalue weighted by Gasteiger charge is 2.20. The quantitative estimate of drug-likeness (QED) is 0.630. The Morgan fingerprint density at radius 1 is 1.60 bits per heavy atom. The second kappa shape index (κ2) is 3.78. The molecule has 0 saturated heterocycles. The first-order valence-electron chi connectivity index (χ1n) is 2.94.